The van der Waals surface area contributed by atoms with Gasteiger partial charge in [0.1, 0.15) is 12.1 Å². The molecule has 8 heteroatoms. The molecule has 0 aromatic heterocycles. The minimum absolute atomic E-state index is 0.0235. The Hall–Kier alpha value is -1.28. The van der Waals surface area contributed by atoms with Gasteiger partial charge in [0.15, 0.2) is 0 Å². The summed E-state index contributed by atoms with van der Waals surface area (Å²) in [5.74, 6) is -1.03. The quantitative estimate of drug-likeness (QED) is 0.712. The van der Waals surface area contributed by atoms with Gasteiger partial charge in [0.05, 0.1) is 11.0 Å². The first-order chi connectivity index (χ1) is 9.83. The van der Waals surface area contributed by atoms with E-state index in [9.17, 15) is 24.6 Å². The Bertz CT molecular complexity index is 513. The van der Waals surface area contributed by atoms with Crippen LogP contribution in [-0.2, 0) is 14.4 Å². The van der Waals surface area contributed by atoms with Crippen molar-refractivity contribution in [2.75, 3.05) is 12.3 Å². The summed E-state index contributed by atoms with van der Waals surface area (Å²) in [5, 5.41) is 18.9. The van der Waals surface area contributed by atoms with Gasteiger partial charge < -0.3 is 20.0 Å². The molecule has 0 aromatic carbocycles. The maximum absolute atomic E-state index is 12.7. The lowest BCUT2D eigenvalue weighted by Crippen LogP contribution is -2.53. The number of hydrogen-bond donors (Lipinski definition) is 2. The number of aliphatic hydroxyl groups excluding tert-OH is 1. The Morgan fingerprint density at radius 3 is 2.76 bits per heavy atom. The number of fused-ring (bicyclic) bond motifs is 1. The zero-order valence-corrected chi connectivity index (χ0v) is 12.5. The van der Waals surface area contributed by atoms with Gasteiger partial charge in [-0.2, -0.15) is 0 Å². The minimum Gasteiger partial charge on any atom is -0.480 e. The highest BCUT2D eigenvalue weighted by Gasteiger charge is 2.55. The maximum Gasteiger partial charge on any atom is 0.326 e. The second kappa shape index (κ2) is 4.88. The first kappa shape index (κ1) is 14.6. The summed E-state index contributed by atoms with van der Waals surface area (Å²) in [4.78, 5) is 38.5. The molecular formula is C13H18N2O5S. The molecule has 116 valence electrons. The van der Waals surface area contributed by atoms with E-state index in [1.807, 2.05) is 6.92 Å². The molecule has 0 aliphatic carbocycles. The fourth-order valence-electron chi connectivity index (χ4n) is 3.49. The topological polar surface area (TPSA) is 98.2 Å². The van der Waals surface area contributed by atoms with Crippen LogP contribution in [-0.4, -0.2) is 73.2 Å². The maximum atomic E-state index is 12.7. The number of carboxylic acids is 1. The molecule has 0 aromatic rings. The molecule has 3 saturated heterocycles. The fourth-order valence-corrected chi connectivity index (χ4v) is 4.91. The Labute approximate surface area is 126 Å². The molecule has 21 heavy (non-hydrogen) atoms. The predicted octanol–water partition coefficient (Wildman–Crippen LogP) is -0.513. The molecule has 3 fully saturated rings. The summed E-state index contributed by atoms with van der Waals surface area (Å²) in [5.41, 5.74) is 0. The number of aliphatic hydroxyl groups is 1. The zero-order valence-electron chi connectivity index (χ0n) is 11.7. The highest BCUT2D eigenvalue weighted by Crippen LogP contribution is 2.47. The van der Waals surface area contributed by atoms with Crippen molar-refractivity contribution in [3.05, 3.63) is 0 Å². The van der Waals surface area contributed by atoms with E-state index in [1.165, 1.54) is 4.90 Å². The number of amides is 2. The van der Waals surface area contributed by atoms with Crippen molar-refractivity contribution < 1.29 is 24.6 Å². The molecule has 3 aliphatic rings. The van der Waals surface area contributed by atoms with E-state index in [1.54, 1.807) is 16.7 Å². The number of nitrogens with zero attached hydrogens (tertiary/aromatic N) is 2. The lowest BCUT2D eigenvalue weighted by Gasteiger charge is -2.32. The Kier molecular flexibility index (Phi) is 3.40. The molecule has 7 nitrogen and oxygen atoms in total. The standard InChI is InChI=1S/C13H18N2O5S/c1-13-3-2-10(17)15(13)9(6-21-13)11(18)14-5-7(16)4-8(14)12(19)20/h7-9,16H,2-6H2,1H3,(H,19,20)/t7-,8-,9?,13?/m1/s1. The molecule has 4 atom stereocenters. The van der Waals surface area contributed by atoms with Crippen molar-refractivity contribution in [2.24, 2.45) is 0 Å². The summed E-state index contributed by atoms with van der Waals surface area (Å²) >= 11 is 1.57. The first-order valence-electron chi connectivity index (χ1n) is 7.01. The minimum atomic E-state index is -1.11. The van der Waals surface area contributed by atoms with E-state index in [2.05, 4.69) is 0 Å². The van der Waals surface area contributed by atoms with Crippen molar-refractivity contribution in [1.29, 1.82) is 0 Å². The molecular weight excluding hydrogens is 296 g/mol. The molecule has 3 rings (SSSR count). The molecule has 2 unspecified atom stereocenters. The molecule has 2 N–H and O–H groups in total. The Balaban J connectivity index is 1.82. The third kappa shape index (κ3) is 2.20. The van der Waals surface area contributed by atoms with Crippen LogP contribution in [0.2, 0.25) is 0 Å². The summed E-state index contributed by atoms with van der Waals surface area (Å²) in [7, 11) is 0. The molecule has 0 radical (unpaired) electrons. The lowest BCUT2D eigenvalue weighted by atomic mass is 10.1. The van der Waals surface area contributed by atoms with Gasteiger partial charge in [-0.15, -0.1) is 11.8 Å². The van der Waals surface area contributed by atoms with E-state index < -0.39 is 24.2 Å². The Morgan fingerprint density at radius 1 is 1.38 bits per heavy atom. The van der Waals surface area contributed by atoms with E-state index in [-0.39, 0.29) is 29.7 Å². The second-order valence-corrected chi connectivity index (χ2v) is 7.50. The highest BCUT2D eigenvalue weighted by molar-refractivity contribution is 8.01. The average molecular weight is 314 g/mol. The SMILES string of the molecule is CC12CCC(=O)N1C(C(=O)N1C[C@H](O)C[C@@H]1C(=O)O)CS2. The van der Waals surface area contributed by atoms with Crippen LogP contribution in [0.3, 0.4) is 0 Å². The first-order valence-corrected chi connectivity index (χ1v) is 7.99. The van der Waals surface area contributed by atoms with Crippen LogP contribution in [0, 0.1) is 0 Å². The number of carbonyl (C=O) groups excluding carboxylic acids is 2. The van der Waals surface area contributed by atoms with Crippen molar-refractivity contribution in [2.45, 2.75) is 49.2 Å². The van der Waals surface area contributed by atoms with Crippen LogP contribution in [0.15, 0.2) is 0 Å². The van der Waals surface area contributed by atoms with Gasteiger partial charge >= 0.3 is 5.97 Å². The van der Waals surface area contributed by atoms with E-state index in [0.29, 0.717) is 18.6 Å². The van der Waals surface area contributed by atoms with Crippen LogP contribution in [0.1, 0.15) is 26.2 Å². The smallest absolute Gasteiger partial charge is 0.326 e. The van der Waals surface area contributed by atoms with Gasteiger partial charge in [0.2, 0.25) is 11.8 Å². The third-order valence-corrected chi connectivity index (χ3v) is 6.08. The number of rotatable bonds is 2. The van der Waals surface area contributed by atoms with Gasteiger partial charge in [0.25, 0.3) is 0 Å². The third-order valence-electron chi connectivity index (χ3n) is 4.58. The average Bonchev–Trinajstić information content (AvgIpc) is 3.04. The number of likely N-dealkylation sites (tertiary alicyclic amines) is 1. The van der Waals surface area contributed by atoms with Crippen LogP contribution >= 0.6 is 11.8 Å². The number of aliphatic carboxylic acids is 1. The van der Waals surface area contributed by atoms with E-state index in [4.69, 9.17) is 0 Å². The summed E-state index contributed by atoms with van der Waals surface area (Å²) in [6, 6.07) is -1.61. The molecule has 3 aliphatic heterocycles. The molecule has 3 heterocycles. The number of hydrogen-bond acceptors (Lipinski definition) is 5. The molecule has 2 amide bonds. The van der Waals surface area contributed by atoms with Crippen molar-refractivity contribution >= 4 is 29.5 Å². The monoisotopic (exact) mass is 314 g/mol. The van der Waals surface area contributed by atoms with Gasteiger partial charge in [-0.3, -0.25) is 9.59 Å². The van der Waals surface area contributed by atoms with Crippen LogP contribution in [0.25, 0.3) is 0 Å². The van der Waals surface area contributed by atoms with E-state index in [0.717, 1.165) is 0 Å². The van der Waals surface area contributed by atoms with Crippen molar-refractivity contribution in [1.82, 2.24) is 9.80 Å². The number of β-amino-alcohol motifs (C(OH)–C–C–N with tert-alkyl or cyclic N) is 1. The summed E-state index contributed by atoms with van der Waals surface area (Å²) in [6.07, 6.45) is 0.375. The normalized spacial score (nSPS) is 39.0. The van der Waals surface area contributed by atoms with Crippen LogP contribution in [0.5, 0.6) is 0 Å². The summed E-state index contributed by atoms with van der Waals surface area (Å²) < 4.78 is 0. The lowest BCUT2D eigenvalue weighted by molar-refractivity contribution is -0.151. The number of carbonyl (C=O) groups is 3. The fraction of sp³-hybridized carbons (Fsp3) is 0.769. The van der Waals surface area contributed by atoms with Crippen molar-refractivity contribution in [3.63, 3.8) is 0 Å². The summed E-state index contributed by atoms with van der Waals surface area (Å²) in [6.45, 7) is 1.97. The van der Waals surface area contributed by atoms with Gasteiger partial charge in [0, 0.05) is 25.1 Å². The number of thioether (sulfide) groups is 1. The molecule has 0 bridgehead atoms. The molecule has 0 spiro atoms. The Morgan fingerprint density at radius 2 is 2.10 bits per heavy atom. The van der Waals surface area contributed by atoms with Crippen LogP contribution < -0.4 is 0 Å². The van der Waals surface area contributed by atoms with Crippen molar-refractivity contribution in [3.8, 4) is 0 Å². The molecule has 0 saturated carbocycles. The van der Waals surface area contributed by atoms with E-state index >= 15 is 0 Å². The second-order valence-electron chi connectivity index (χ2n) is 6.00. The number of carboxylic acid groups (broad SMARTS) is 1. The van der Waals surface area contributed by atoms with Crippen LogP contribution in [0.4, 0.5) is 0 Å². The largest absolute Gasteiger partial charge is 0.480 e. The zero-order chi connectivity index (χ0) is 15.4. The highest BCUT2D eigenvalue weighted by atomic mass is 32.2. The predicted molar refractivity (Wildman–Crippen MR) is 74.5 cm³/mol. The van der Waals surface area contributed by atoms with Gasteiger partial charge in [-0.25, -0.2) is 4.79 Å². The van der Waals surface area contributed by atoms with Gasteiger partial charge in [-0.05, 0) is 13.3 Å². The van der Waals surface area contributed by atoms with Gasteiger partial charge in [-0.1, -0.05) is 0 Å².